The van der Waals surface area contributed by atoms with Crippen molar-refractivity contribution in [3.8, 4) is 11.1 Å². The van der Waals surface area contributed by atoms with E-state index < -0.39 is 0 Å². The van der Waals surface area contributed by atoms with E-state index in [1.165, 1.54) is 27.1 Å². The maximum Gasteiger partial charge on any atom is 0.113 e. The zero-order valence-electron chi connectivity index (χ0n) is 11.6. The molecule has 0 bridgehead atoms. The van der Waals surface area contributed by atoms with Crippen molar-refractivity contribution in [3.05, 3.63) is 78.9 Å². The van der Waals surface area contributed by atoms with Gasteiger partial charge in [-0.25, -0.2) is 0 Å². The van der Waals surface area contributed by atoms with Gasteiger partial charge in [0.1, 0.15) is 7.85 Å². The van der Waals surface area contributed by atoms with Crippen molar-refractivity contribution >= 4 is 34.9 Å². The predicted molar refractivity (Wildman–Crippen MR) is 92.3 cm³/mol. The first-order chi connectivity index (χ1) is 10.3. The summed E-state index contributed by atoms with van der Waals surface area (Å²) in [5.74, 6) is 0. The first-order valence-corrected chi connectivity index (χ1v) is 7.09. The Balaban J connectivity index is 1.97. The monoisotopic (exact) mass is 264 g/mol. The summed E-state index contributed by atoms with van der Waals surface area (Å²) < 4.78 is 0. The first kappa shape index (κ1) is 12.2. The molecule has 4 rings (SSSR count). The van der Waals surface area contributed by atoms with Gasteiger partial charge in [0.15, 0.2) is 0 Å². The highest BCUT2D eigenvalue weighted by molar-refractivity contribution is 6.32. The molecule has 0 saturated carbocycles. The lowest BCUT2D eigenvalue weighted by molar-refractivity contribution is 1.68. The molecule has 0 heterocycles. The number of hydrogen-bond acceptors (Lipinski definition) is 0. The van der Waals surface area contributed by atoms with E-state index in [-0.39, 0.29) is 0 Å². The van der Waals surface area contributed by atoms with Gasteiger partial charge >= 0.3 is 0 Å². The van der Waals surface area contributed by atoms with Crippen LogP contribution >= 0.6 is 0 Å². The second-order valence-electron chi connectivity index (χ2n) is 5.35. The van der Waals surface area contributed by atoms with Crippen molar-refractivity contribution in [1.82, 2.24) is 0 Å². The quantitative estimate of drug-likeness (QED) is 0.352. The van der Waals surface area contributed by atoms with E-state index in [0.717, 1.165) is 11.0 Å². The molecule has 0 aliphatic rings. The summed E-state index contributed by atoms with van der Waals surface area (Å²) in [6.45, 7) is 0. The first-order valence-electron chi connectivity index (χ1n) is 7.09. The van der Waals surface area contributed by atoms with Gasteiger partial charge < -0.3 is 0 Å². The summed E-state index contributed by atoms with van der Waals surface area (Å²) >= 11 is 0. The van der Waals surface area contributed by atoms with Gasteiger partial charge in [-0.05, 0) is 38.7 Å². The molecular formula is C20H13B. The molecule has 0 aliphatic carbocycles. The Morgan fingerprint density at radius 1 is 0.524 bits per heavy atom. The lowest BCUT2D eigenvalue weighted by Crippen LogP contribution is -2.00. The highest BCUT2D eigenvalue weighted by Gasteiger charge is 2.03. The van der Waals surface area contributed by atoms with Gasteiger partial charge in [-0.2, -0.15) is 0 Å². The molecule has 2 radical (unpaired) electrons. The zero-order valence-corrected chi connectivity index (χ0v) is 11.6. The van der Waals surface area contributed by atoms with Crippen LogP contribution in [-0.4, -0.2) is 7.85 Å². The number of fused-ring (bicyclic) bond motifs is 3. The lowest BCUT2D eigenvalue weighted by atomic mass is 9.91. The Morgan fingerprint density at radius 3 is 2.19 bits per heavy atom. The Kier molecular flexibility index (Phi) is 2.78. The van der Waals surface area contributed by atoms with Crippen molar-refractivity contribution in [2.24, 2.45) is 0 Å². The van der Waals surface area contributed by atoms with Crippen molar-refractivity contribution < 1.29 is 0 Å². The topological polar surface area (TPSA) is 0 Å². The van der Waals surface area contributed by atoms with Crippen LogP contribution in [0.1, 0.15) is 0 Å². The molecule has 0 amide bonds. The Hall–Kier alpha value is -2.54. The summed E-state index contributed by atoms with van der Waals surface area (Å²) in [7, 11) is 5.88. The van der Waals surface area contributed by atoms with Crippen LogP contribution in [0.15, 0.2) is 78.9 Å². The van der Waals surface area contributed by atoms with Gasteiger partial charge in [0.2, 0.25) is 0 Å². The van der Waals surface area contributed by atoms with Crippen LogP contribution < -0.4 is 5.46 Å². The number of benzene rings is 4. The standard InChI is InChI=1S/C20H13B/c21-18-6-3-5-15(13-18)16-10-11-20-17(12-16)9-8-14-4-1-2-7-19(14)20/h1-13H. The van der Waals surface area contributed by atoms with E-state index in [1.807, 2.05) is 18.2 Å². The molecular weight excluding hydrogens is 251 g/mol. The summed E-state index contributed by atoms with van der Waals surface area (Å²) in [5.41, 5.74) is 3.15. The zero-order chi connectivity index (χ0) is 14.2. The minimum Gasteiger partial charge on any atom is -0.0961 e. The molecule has 96 valence electrons. The van der Waals surface area contributed by atoms with Crippen LogP contribution in [0, 0.1) is 0 Å². The van der Waals surface area contributed by atoms with E-state index in [4.69, 9.17) is 7.85 Å². The normalized spacial score (nSPS) is 11.0. The maximum absolute atomic E-state index is 5.88. The SMILES string of the molecule is [B]c1cccc(-c2ccc3c(ccc4ccccc43)c2)c1. The molecule has 0 aromatic heterocycles. The molecule has 0 unspecified atom stereocenters. The lowest BCUT2D eigenvalue weighted by Gasteiger charge is -2.08. The van der Waals surface area contributed by atoms with E-state index >= 15 is 0 Å². The molecule has 4 aromatic carbocycles. The third kappa shape index (κ3) is 2.11. The van der Waals surface area contributed by atoms with Gasteiger partial charge in [0.05, 0.1) is 0 Å². The van der Waals surface area contributed by atoms with Crippen LogP contribution in [0.2, 0.25) is 0 Å². The van der Waals surface area contributed by atoms with Crippen LogP contribution in [0.5, 0.6) is 0 Å². The molecule has 0 spiro atoms. The van der Waals surface area contributed by atoms with Crippen LogP contribution in [-0.2, 0) is 0 Å². The third-order valence-corrected chi connectivity index (χ3v) is 3.96. The minimum absolute atomic E-state index is 0.797. The van der Waals surface area contributed by atoms with Gasteiger partial charge in [-0.3, -0.25) is 0 Å². The highest BCUT2D eigenvalue weighted by Crippen LogP contribution is 2.29. The van der Waals surface area contributed by atoms with Crippen LogP contribution in [0.4, 0.5) is 0 Å². The second-order valence-corrected chi connectivity index (χ2v) is 5.35. The smallest absolute Gasteiger partial charge is 0.0961 e. The van der Waals surface area contributed by atoms with Crippen molar-refractivity contribution in [2.75, 3.05) is 0 Å². The molecule has 0 N–H and O–H groups in total. The van der Waals surface area contributed by atoms with Crippen LogP contribution in [0.3, 0.4) is 0 Å². The molecule has 0 aliphatic heterocycles. The largest absolute Gasteiger partial charge is 0.113 e. The second kappa shape index (κ2) is 4.78. The Bertz CT molecular complexity index is 954. The Morgan fingerprint density at radius 2 is 1.29 bits per heavy atom. The Labute approximate surface area is 125 Å². The fourth-order valence-corrected chi connectivity index (χ4v) is 2.91. The van der Waals surface area contributed by atoms with E-state index in [1.54, 1.807) is 0 Å². The molecule has 0 fully saturated rings. The van der Waals surface area contributed by atoms with Gasteiger partial charge in [0, 0.05) is 0 Å². The fourth-order valence-electron chi connectivity index (χ4n) is 2.91. The predicted octanol–water partition coefficient (Wildman–Crippen LogP) is 4.45. The van der Waals surface area contributed by atoms with Crippen molar-refractivity contribution in [2.45, 2.75) is 0 Å². The summed E-state index contributed by atoms with van der Waals surface area (Å²) in [5, 5.41) is 5.13. The minimum atomic E-state index is 0.797. The van der Waals surface area contributed by atoms with Gasteiger partial charge in [0.25, 0.3) is 0 Å². The molecule has 0 atom stereocenters. The van der Waals surface area contributed by atoms with Crippen molar-refractivity contribution in [1.29, 1.82) is 0 Å². The average molecular weight is 264 g/mol. The fraction of sp³-hybridized carbons (Fsp3) is 0. The molecule has 0 saturated heterocycles. The highest BCUT2D eigenvalue weighted by atomic mass is 14.1. The summed E-state index contributed by atoms with van der Waals surface area (Å²) in [4.78, 5) is 0. The third-order valence-electron chi connectivity index (χ3n) is 3.96. The summed E-state index contributed by atoms with van der Waals surface area (Å²) in [6.07, 6.45) is 0. The van der Waals surface area contributed by atoms with E-state index in [2.05, 4.69) is 60.7 Å². The number of hydrogen-bond donors (Lipinski definition) is 0. The van der Waals surface area contributed by atoms with Crippen LogP contribution in [0.25, 0.3) is 32.7 Å². The maximum atomic E-state index is 5.88. The van der Waals surface area contributed by atoms with Gasteiger partial charge in [-0.1, -0.05) is 78.3 Å². The average Bonchev–Trinajstić information content (AvgIpc) is 2.54. The van der Waals surface area contributed by atoms with Gasteiger partial charge in [-0.15, -0.1) is 0 Å². The summed E-state index contributed by atoms with van der Waals surface area (Å²) in [6, 6.07) is 27.5. The van der Waals surface area contributed by atoms with E-state index in [0.29, 0.717) is 0 Å². The molecule has 0 nitrogen and oxygen atoms in total. The molecule has 21 heavy (non-hydrogen) atoms. The van der Waals surface area contributed by atoms with Crippen molar-refractivity contribution in [3.63, 3.8) is 0 Å². The number of rotatable bonds is 1. The van der Waals surface area contributed by atoms with E-state index in [9.17, 15) is 0 Å². The molecule has 4 aromatic rings. The molecule has 1 heteroatoms.